The number of sulfonamides is 1. The first-order valence-electron chi connectivity index (χ1n) is 7.06. The number of hydrogen-bond donors (Lipinski definition) is 1. The van der Waals surface area contributed by atoms with Gasteiger partial charge in [-0.2, -0.15) is 0 Å². The van der Waals surface area contributed by atoms with Gasteiger partial charge in [0.2, 0.25) is 10.0 Å². The van der Waals surface area contributed by atoms with Crippen LogP contribution in [-0.2, 0) is 21.4 Å². The van der Waals surface area contributed by atoms with Gasteiger partial charge >= 0.3 is 5.97 Å². The Morgan fingerprint density at radius 1 is 1.29 bits per heavy atom. The molecule has 1 N–H and O–H groups in total. The van der Waals surface area contributed by atoms with Gasteiger partial charge in [-0.25, -0.2) is 12.7 Å². The zero-order valence-electron chi connectivity index (χ0n) is 12.3. The van der Waals surface area contributed by atoms with Crippen molar-refractivity contribution in [1.82, 2.24) is 4.31 Å². The van der Waals surface area contributed by atoms with E-state index in [4.69, 9.17) is 5.11 Å². The number of nitrogens with zero attached hydrogens (tertiary/aromatic N) is 1. The van der Waals surface area contributed by atoms with Gasteiger partial charge in [0.15, 0.2) is 0 Å². The Labute approximate surface area is 125 Å². The Kier molecular flexibility index (Phi) is 4.68. The summed E-state index contributed by atoms with van der Waals surface area (Å²) in [4.78, 5) is 11.2. The molecule has 21 heavy (non-hydrogen) atoms. The molecule has 1 aromatic rings. The van der Waals surface area contributed by atoms with Gasteiger partial charge in [0.05, 0.1) is 11.2 Å². The molecule has 0 bridgehead atoms. The topological polar surface area (TPSA) is 74.7 Å². The third-order valence-electron chi connectivity index (χ3n) is 4.11. The van der Waals surface area contributed by atoms with Crippen LogP contribution in [0.25, 0.3) is 0 Å². The molecule has 1 aliphatic carbocycles. The fourth-order valence-corrected chi connectivity index (χ4v) is 4.76. The van der Waals surface area contributed by atoms with Crippen molar-refractivity contribution in [3.63, 3.8) is 0 Å². The third-order valence-corrected chi connectivity index (χ3v) is 6.44. The normalized spacial score (nSPS) is 22.6. The first-order valence-corrected chi connectivity index (χ1v) is 8.56. The number of hydrogen-bond acceptors (Lipinski definition) is 3. The quantitative estimate of drug-likeness (QED) is 0.902. The van der Waals surface area contributed by atoms with Crippen molar-refractivity contribution in [2.45, 2.75) is 38.0 Å². The van der Waals surface area contributed by atoms with Gasteiger partial charge in [-0.05, 0) is 25.3 Å². The number of carboxylic acid groups (broad SMARTS) is 1. The Morgan fingerprint density at radius 2 is 1.90 bits per heavy atom. The Hall–Kier alpha value is -1.40. The van der Waals surface area contributed by atoms with Crippen molar-refractivity contribution >= 4 is 16.0 Å². The van der Waals surface area contributed by atoms with Gasteiger partial charge in [0.25, 0.3) is 0 Å². The third kappa shape index (κ3) is 3.44. The zero-order chi connectivity index (χ0) is 15.6. The maximum Gasteiger partial charge on any atom is 0.307 e. The largest absolute Gasteiger partial charge is 0.481 e. The SMILES string of the molecule is Cc1ccc(CN(C)S(=O)(=O)C2CCCC2C(=O)O)cc1. The molecule has 0 aliphatic heterocycles. The van der Waals surface area contributed by atoms with Crippen LogP contribution in [0, 0.1) is 12.8 Å². The summed E-state index contributed by atoms with van der Waals surface area (Å²) in [6, 6.07) is 7.66. The second-order valence-corrected chi connectivity index (χ2v) is 7.96. The molecule has 0 radical (unpaired) electrons. The Bertz CT molecular complexity index is 609. The fraction of sp³-hybridized carbons (Fsp3) is 0.533. The highest BCUT2D eigenvalue weighted by atomic mass is 32.2. The van der Waals surface area contributed by atoms with Crippen LogP contribution in [-0.4, -0.2) is 36.1 Å². The minimum Gasteiger partial charge on any atom is -0.481 e. The van der Waals surface area contributed by atoms with Gasteiger partial charge in [0, 0.05) is 13.6 Å². The smallest absolute Gasteiger partial charge is 0.307 e. The molecule has 1 saturated carbocycles. The highest BCUT2D eigenvalue weighted by Gasteiger charge is 2.43. The summed E-state index contributed by atoms with van der Waals surface area (Å²) in [5.74, 6) is -1.79. The lowest BCUT2D eigenvalue weighted by molar-refractivity contribution is -0.141. The molecular weight excluding hydrogens is 290 g/mol. The summed E-state index contributed by atoms with van der Waals surface area (Å²) >= 11 is 0. The summed E-state index contributed by atoms with van der Waals surface area (Å²) in [7, 11) is -2.07. The maximum atomic E-state index is 12.6. The molecule has 2 unspecified atom stereocenters. The zero-order valence-corrected chi connectivity index (χ0v) is 13.1. The summed E-state index contributed by atoms with van der Waals surface area (Å²) in [5, 5.41) is 8.37. The second kappa shape index (κ2) is 6.15. The first-order chi connectivity index (χ1) is 9.82. The highest BCUT2D eigenvalue weighted by molar-refractivity contribution is 7.89. The Balaban J connectivity index is 2.15. The number of carbonyl (C=O) groups is 1. The van der Waals surface area contributed by atoms with E-state index in [2.05, 4.69) is 0 Å². The lowest BCUT2D eigenvalue weighted by Crippen LogP contribution is -2.39. The van der Waals surface area contributed by atoms with Crippen molar-refractivity contribution in [2.75, 3.05) is 7.05 Å². The van der Waals surface area contributed by atoms with E-state index < -0.39 is 27.2 Å². The number of benzene rings is 1. The lowest BCUT2D eigenvalue weighted by Gasteiger charge is -2.24. The summed E-state index contributed by atoms with van der Waals surface area (Å²) in [6.07, 6.45) is 1.52. The predicted octanol–water partition coefficient (Wildman–Crippen LogP) is 2.01. The average Bonchev–Trinajstić information content (AvgIpc) is 2.91. The molecule has 2 atom stereocenters. The molecule has 116 valence electrons. The van der Waals surface area contributed by atoms with Gasteiger partial charge in [-0.1, -0.05) is 36.2 Å². The van der Waals surface area contributed by atoms with E-state index in [0.29, 0.717) is 19.3 Å². The lowest BCUT2D eigenvalue weighted by atomic mass is 10.1. The number of rotatable bonds is 5. The fourth-order valence-electron chi connectivity index (χ4n) is 2.84. The number of aliphatic carboxylic acids is 1. The standard InChI is InChI=1S/C15H21NO4S/c1-11-6-8-12(9-7-11)10-16(2)21(19,20)14-5-3-4-13(14)15(17)18/h6-9,13-14H,3-5,10H2,1-2H3,(H,17,18). The van der Waals surface area contributed by atoms with Gasteiger partial charge in [-0.15, -0.1) is 0 Å². The maximum absolute atomic E-state index is 12.6. The van der Waals surface area contributed by atoms with Crippen LogP contribution >= 0.6 is 0 Å². The average molecular weight is 311 g/mol. The van der Waals surface area contributed by atoms with Gasteiger partial charge < -0.3 is 5.11 Å². The van der Waals surface area contributed by atoms with Crippen LogP contribution in [0.3, 0.4) is 0 Å². The molecule has 2 rings (SSSR count). The summed E-state index contributed by atoms with van der Waals surface area (Å²) in [6.45, 7) is 2.24. The summed E-state index contributed by atoms with van der Waals surface area (Å²) in [5.41, 5.74) is 2.02. The Morgan fingerprint density at radius 3 is 2.48 bits per heavy atom. The molecule has 1 aliphatic rings. The highest BCUT2D eigenvalue weighted by Crippen LogP contribution is 2.33. The number of aryl methyl sites for hydroxylation is 1. The number of carboxylic acids is 1. The van der Waals surface area contributed by atoms with E-state index in [1.54, 1.807) is 0 Å². The minimum atomic E-state index is -3.59. The molecule has 0 amide bonds. The second-order valence-electron chi connectivity index (χ2n) is 5.70. The van der Waals surface area contributed by atoms with Crippen LogP contribution in [0.2, 0.25) is 0 Å². The van der Waals surface area contributed by atoms with Crippen LogP contribution in [0.1, 0.15) is 30.4 Å². The van der Waals surface area contributed by atoms with Crippen molar-refractivity contribution in [3.8, 4) is 0 Å². The predicted molar refractivity (Wildman–Crippen MR) is 80.3 cm³/mol. The van der Waals surface area contributed by atoms with E-state index in [1.807, 2.05) is 31.2 Å². The van der Waals surface area contributed by atoms with E-state index >= 15 is 0 Å². The molecule has 1 fully saturated rings. The van der Waals surface area contributed by atoms with Crippen LogP contribution in [0.4, 0.5) is 0 Å². The van der Waals surface area contributed by atoms with Gasteiger partial charge in [0.1, 0.15) is 0 Å². The van der Waals surface area contributed by atoms with Crippen LogP contribution in [0.5, 0.6) is 0 Å². The van der Waals surface area contributed by atoms with Crippen molar-refractivity contribution in [2.24, 2.45) is 5.92 Å². The molecule has 0 spiro atoms. The molecule has 5 nitrogen and oxygen atoms in total. The molecule has 1 aromatic carbocycles. The van der Waals surface area contributed by atoms with Gasteiger partial charge in [-0.3, -0.25) is 4.79 Å². The molecule has 0 aromatic heterocycles. The van der Waals surface area contributed by atoms with Crippen molar-refractivity contribution in [1.29, 1.82) is 0 Å². The monoisotopic (exact) mass is 311 g/mol. The molecular formula is C15H21NO4S. The van der Waals surface area contributed by atoms with Crippen LogP contribution < -0.4 is 0 Å². The van der Waals surface area contributed by atoms with E-state index in [1.165, 1.54) is 11.4 Å². The minimum absolute atomic E-state index is 0.269. The molecule has 6 heteroatoms. The summed E-state index contributed by atoms with van der Waals surface area (Å²) < 4.78 is 26.4. The van der Waals surface area contributed by atoms with Crippen LogP contribution in [0.15, 0.2) is 24.3 Å². The van der Waals surface area contributed by atoms with Crippen molar-refractivity contribution in [3.05, 3.63) is 35.4 Å². The molecule has 0 saturated heterocycles. The van der Waals surface area contributed by atoms with E-state index in [0.717, 1.165) is 11.1 Å². The first kappa shape index (κ1) is 16.0. The molecule has 0 heterocycles. The van der Waals surface area contributed by atoms with E-state index in [9.17, 15) is 13.2 Å². The van der Waals surface area contributed by atoms with E-state index in [-0.39, 0.29) is 6.54 Å². The van der Waals surface area contributed by atoms with Crippen molar-refractivity contribution < 1.29 is 18.3 Å².